The van der Waals surface area contributed by atoms with E-state index >= 15 is 0 Å². The molecule has 0 aliphatic carbocycles. The summed E-state index contributed by atoms with van der Waals surface area (Å²) in [5.41, 5.74) is 4.50. The summed E-state index contributed by atoms with van der Waals surface area (Å²) in [6, 6.07) is 10.2. The Labute approximate surface area is 163 Å². The summed E-state index contributed by atoms with van der Waals surface area (Å²) in [5, 5.41) is 9.86. The minimum absolute atomic E-state index is 0.242. The number of amides is 2. The molecule has 1 aromatic carbocycles. The normalized spacial score (nSPS) is 10.8. The molecule has 2 aromatic heterocycles. The van der Waals surface area contributed by atoms with Gasteiger partial charge >= 0.3 is 0 Å². The number of nitrogens with one attached hydrogen (secondary N) is 2. The molecule has 142 valence electrons. The van der Waals surface area contributed by atoms with E-state index in [9.17, 15) is 9.59 Å². The molecule has 28 heavy (non-hydrogen) atoms. The number of benzene rings is 1. The molecule has 7 nitrogen and oxygen atoms in total. The van der Waals surface area contributed by atoms with Crippen molar-refractivity contribution in [3.8, 4) is 0 Å². The predicted octanol–water partition coefficient (Wildman–Crippen LogP) is 3.34. The van der Waals surface area contributed by atoms with E-state index in [2.05, 4.69) is 20.7 Å². The zero-order chi connectivity index (χ0) is 20.1. The molecule has 0 fully saturated rings. The summed E-state index contributed by atoms with van der Waals surface area (Å²) in [6.07, 6.45) is 6.44. The molecule has 0 aliphatic heterocycles. The van der Waals surface area contributed by atoms with E-state index < -0.39 is 0 Å². The highest BCUT2D eigenvalue weighted by Crippen LogP contribution is 2.15. The van der Waals surface area contributed by atoms with Crippen molar-refractivity contribution in [2.45, 2.75) is 13.8 Å². The third-order valence-corrected chi connectivity index (χ3v) is 4.30. The molecule has 2 heterocycles. The van der Waals surface area contributed by atoms with Crippen LogP contribution in [0.15, 0.2) is 54.9 Å². The third kappa shape index (κ3) is 4.50. The molecular formula is C21H21N5O2. The van der Waals surface area contributed by atoms with E-state index in [0.717, 1.165) is 17.0 Å². The Kier molecular flexibility index (Phi) is 5.64. The highest BCUT2D eigenvalue weighted by Gasteiger charge is 2.08. The fourth-order valence-corrected chi connectivity index (χ4v) is 2.72. The Morgan fingerprint density at radius 3 is 2.39 bits per heavy atom. The minimum atomic E-state index is -0.254. The van der Waals surface area contributed by atoms with Crippen LogP contribution in [0.2, 0.25) is 0 Å². The molecule has 2 N–H and O–H groups in total. The lowest BCUT2D eigenvalue weighted by molar-refractivity contribution is -0.111. The van der Waals surface area contributed by atoms with Crippen LogP contribution in [0.25, 0.3) is 6.08 Å². The number of nitrogens with zero attached hydrogens (tertiary/aromatic N) is 3. The number of carbonyl (C=O) groups is 2. The zero-order valence-electron chi connectivity index (χ0n) is 15.9. The molecule has 3 aromatic rings. The Morgan fingerprint density at radius 2 is 1.79 bits per heavy atom. The van der Waals surface area contributed by atoms with Crippen LogP contribution >= 0.6 is 0 Å². The Morgan fingerprint density at radius 1 is 1.04 bits per heavy atom. The molecular weight excluding hydrogens is 354 g/mol. The van der Waals surface area contributed by atoms with Gasteiger partial charge in [-0.3, -0.25) is 19.3 Å². The number of carbonyl (C=O) groups excluding carboxylic acids is 2. The summed E-state index contributed by atoms with van der Waals surface area (Å²) in [5.74, 6) is -0.497. The smallest absolute Gasteiger partial charge is 0.255 e. The van der Waals surface area contributed by atoms with Gasteiger partial charge in [0.25, 0.3) is 5.91 Å². The first kappa shape index (κ1) is 19.0. The van der Waals surface area contributed by atoms with Crippen LogP contribution in [0, 0.1) is 13.8 Å². The summed E-state index contributed by atoms with van der Waals surface area (Å²) in [6.45, 7) is 3.85. The van der Waals surface area contributed by atoms with Gasteiger partial charge in [0, 0.05) is 41.8 Å². The monoisotopic (exact) mass is 375 g/mol. The lowest BCUT2D eigenvalue weighted by atomic mass is 10.1. The van der Waals surface area contributed by atoms with Crippen molar-refractivity contribution in [2.75, 3.05) is 10.6 Å². The molecule has 0 unspecified atom stereocenters. The van der Waals surface area contributed by atoms with Gasteiger partial charge in [-0.05, 0) is 56.3 Å². The Bertz CT molecular complexity index is 1020. The van der Waals surface area contributed by atoms with Gasteiger partial charge in [0.2, 0.25) is 5.91 Å². The van der Waals surface area contributed by atoms with E-state index in [0.29, 0.717) is 16.9 Å². The van der Waals surface area contributed by atoms with Gasteiger partial charge < -0.3 is 10.6 Å². The van der Waals surface area contributed by atoms with E-state index in [1.165, 1.54) is 6.08 Å². The number of hydrogen-bond donors (Lipinski definition) is 2. The summed E-state index contributed by atoms with van der Waals surface area (Å²) in [4.78, 5) is 28.3. The van der Waals surface area contributed by atoms with Crippen LogP contribution in [0.3, 0.4) is 0 Å². The first-order chi connectivity index (χ1) is 13.4. The highest BCUT2D eigenvalue weighted by molar-refractivity contribution is 6.05. The highest BCUT2D eigenvalue weighted by atomic mass is 16.2. The largest absolute Gasteiger partial charge is 0.323 e. The molecule has 0 spiro atoms. The van der Waals surface area contributed by atoms with E-state index in [-0.39, 0.29) is 11.8 Å². The fraction of sp³-hybridized carbons (Fsp3) is 0.143. The maximum atomic E-state index is 12.2. The standard InChI is InChI=1S/C21H21N5O2/c1-14-19(15(2)26(3)25-14)10-11-20(27)23-17-8-6-16(7-9-17)21(28)24-18-5-4-12-22-13-18/h4-13H,1-3H3,(H,23,27)(H,24,28)/b11-10+. The van der Waals surface area contributed by atoms with Gasteiger partial charge in [0.15, 0.2) is 0 Å². The van der Waals surface area contributed by atoms with Crippen LogP contribution in [0.5, 0.6) is 0 Å². The number of hydrogen-bond acceptors (Lipinski definition) is 4. The van der Waals surface area contributed by atoms with Crippen LogP contribution in [-0.4, -0.2) is 26.6 Å². The number of anilines is 2. The number of aryl methyl sites for hydroxylation is 2. The van der Waals surface area contributed by atoms with E-state index in [4.69, 9.17) is 0 Å². The summed E-state index contributed by atoms with van der Waals surface area (Å²) in [7, 11) is 1.87. The lowest BCUT2D eigenvalue weighted by Crippen LogP contribution is -2.12. The van der Waals surface area contributed by atoms with Crippen LogP contribution < -0.4 is 10.6 Å². The second kappa shape index (κ2) is 8.30. The van der Waals surface area contributed by atoms with Gasteiger partial charge in [-0.25, -0.2) is 0 Å². The molecule has 0 atom stereocenters. The van der Waals surface area contributed by atoms with Crippen molar-refractivity contribution in [3.05, 3.63) is 77.4 Å². The molecule has 0 saturated carbocycles. The maximum absolute atomic E-state index is 12.2. The fourth-order valence-electron chi connectivity index (χ4n) is 2.72. The van der Waals surface area contributed by atoms with E-state index in [1.54, 1.807) is 59.5 Å². The molecule has 0 aliphatic rings. The summed E-state index contributed by atoms with van der Waals surface area (Å²) >= 11 is 0. The van der Waals surface area contributed by atoms with Crippen LogP contribution in [-0.2, 0) is 11.8 Å². The van der Waals surface area contributed by atoms with Crippen molar-refractivity contribution in [1.29, 1.82) is 0 Å². The topological polar surface area (TPSA) is 88.9 Å². The quantitative estimate of drug-likeness (QED) is 0.670. The molecule has 0 radical (unpaired) electrons. The molecule has 3 rings (SSSR count). The third-order valence-electron chi connectivity index (χ3n) is 4.30. The SMILES string of the molecule is Cc1nn(C)c(C)c1/C=C/C(=O)Nc1ccc(C(=O)Nc2cccnc2)cc1. The maximum Gasteiger partial charge on any atom is 0.255 e. The average molecular weight is 375 g/mol. The molecule has 7 heteroatoms. The Hall–Kier alpha value is -3.74. The molecule has 0 bridgehead atoms. The minimum Gasteiger partial charge on any atom is -0.323 e. The van der Waals surface area contributed by atoms with Crippen LogP contribution in [0.4, 0.5) is 11.4 Å². The van der Waals surface area contributed by atoms with Crippen molar-refractivity contribution in [3.63, 3.8) is 0 Å². The second-order valence-corrected chi connectivity index (χ2v) is 6.30. The van der Waals surface area contributed by atoms with Crippen molar-refractivity contribution in [2.24, 2.45) is 7.05 Å². The first-order valence-electron chi connectivity index (χ1n) is 8.75. The van der Waals surface area contributed by atoms with Gasteiger partial charge in [-0.2, -0.15) is 5.10 Å². The lowest BCUT2D eigenvalue weighted by Gasteiger charge is -2.06. The van der Waals surface area contributed by atoms with Crippen molar-refractivity contribution in [1.82, 2.24) is 14.8 Å². The van der Waals surface area contributed by atoms with Crippen LogP contribution in [0.1, 0.15) is 27.3 Å². The predicted molar refractivity (Wildman–Crippen MR) is 109 cm³/mol. The molecule has 0 saturated heterocycles. The average Bonchev–Trinajstić information content (AvgIpc) is 2.93. The number of aromatic nitrogens is 3. The Balaban J connectivity index is 1.61. The van der Waals surface area contributed by atoms with Gasteiger partial charge in [-0.1, -0.05) is 0 Å². The summed E-state index contributed by atoms with van der Waals surface area (Å²) < 4.78 is 1.78. The zero-order valence-corrected chi connectivity index (χ0v) is 15.9. The van der Waals surface area contributed by atoms with Gasteiger partial charge in [0.1, 0.15) is 0 Å². The van der Waals surface area contributed by atoms with Gasteiger partial charge in [-0.15, -0.1) is 0 Å². The van der Waals surface area contributed by atoms with Crippen molar-refractivity contribution < 1.29 is 9.59 Å². The molecule has 2 amide bonds. The number of rotatable bonds is 5. The first-order valence-corrected chi connectivity index (χ1v) is 8.75. The van der Waals surface area contributed by atoms with E-state index in [1.807, 2.05) is 20.9 Å². The second-order valence-electron chi connectivity index (χ2n) is 6.30. The number of pyridine rings is 1. The van der Waals surface area contributed by atoms with Gasteiger partial charge in [0.05, 0.1) is 17.6 Å². The van der Waals surface area contributed by atoms with Crippen molar-refractivity contribution >= 4 is 29.3 Å².